The van der Waals surface area contributed by atoms with Gasteiger partial charge in [-0.1, -0.05) is 0 Å². The zero-order chi connectivity index (χ0) is 10.2. The van der Waals surface area contributed by atoms with Crippen molar-refractivity contribution in [1.29, 1.82) is 0 Å². The Kier molecular flexibility index (Phi) is 2.52. The number of methoxy groups -OCH3 is 1. The number of carbonyl (C=O) groups is 1. The first-order valence-corrected chi connectivity index (χ1v) is 5.41. The molecular weight excluding hydrogens is 180 g/mol. The SMILES string of the molecule is COC1CC2(CCC(C(=O)O)CC2)C1. The van der Waals surface area contributed by atoms with Crippen LogP contribution in [0, 0.1) is 11.3 Å². The normalized spacial score (nSPS) is 42.1. The largest absolute Gasteiger partial charge is 0.481 e. The van der Waals surface area contributed by atoms with E-state index in [9.17, 15) is 4.79 Å². The van der Waals surface area contributed by atoms with Crippen molar-refractivity contribution in [3.05, 3.63) is 0 Å². The van der Waals surface area contributed by atoms with E-state index in [0.717, 1.165) is 38.5 Å². The van der Waals surface area contributed by atoms with Crippen LogP contribution in [0.3, 0.4) is 0 Å². The Morgan fingerprint density at radius 2 is 1.93 bits per heavy atom. The van der Waals surface area contributed by atoms with Gasteiger partial charge in [0.1, 0.15) is 0 Å². The van der Waals surface area contributed by atoms with Gasteiger partial charge in [0.2, 0.25) is 0 Å². The third-order valence-electron chi connectivity index (χ3n) is 4.05. The second kappa shape index (κ2) is 3.54. The molecule has 0 bridgehead atoms. The van der Waals surface area contributed by atoms with E-state index < -0.39 is 5.97 Å². The van der Waals surface area contributed by atoms with Crippen molar-refractivity contribution in [3.63, 3.8) is 0 Å². The molecule has 14 heavy (non-hydrogen) atoms. The van der Waals surface area contributed by atoms with Crippen molar-refractivity contribution >= 4 is 5.97 Å². The van der Waals surface area contributed by atoms with Crippen molar-refractivity contribution in [3.8, 4) is 0 Å². The van der Waals surface area contributed by atoms with E-state index in [0.29, 0.717) is 11.5 Å². The highest BCUT2D eigenvalue weighted by Crippen LogP contribution is 2.53. The molecule has 0 aromatic rings. The Morgan fingerprint density at radius 3 is 2.36 bits per heavy atom. The maximum absolute atomic E-state index is 10.8. The van der Waals surface area contributed by atoms with E-state index in [2.05, 4.69) is 0 Å². The molecule has 3 nitrogen and oxygen atoms in total. The molecule has 3 heteroatoms. The highest BCUT2D eigenvalue weighted by molar-refractivity contribution is 5.70. The Morgan fingerprint density at radius 1 is 1.36 bits per heavy atom. The van der Waals surface area contributed by atoms with E-state index in [1.165, 1.54) is 0 Å². The lowest BCUT2D eigenvalue weighted by atomic mass is 9.58. The van der Waals surface area contributed by atoms with E-state index >= 15 is 0 Å². The Bertz CT molecular complexity index is 221. The summed E-state index contributed by atoms with van der Waals surface area (Å²) in [6, 6.07) is 0. The van der Waals surface area contributed by atoms with Gasteiger partial charge in [0.05, 0.1) is 12.0 Å². The van der Waals surface area contributed by atoms with Crippen LogP contribution in [0.15, 0.2) is 0 Å². The Hall–Kier alpha value is -0.570. The van der Waals surface area contributed by atoms with Crippen LogP contribution in [0.5, 0.6) is 0 Å². The van der Waals surface area contributed by atoms with Gasteiger partial charge in [0.25, 0.3) is 0 Å². The van der Waals surface area contributed by atoms with Crippen LogP contribution < -0.4 is 0 Å². The molecule has 2 aliphatic rings. The highest BCUT2D eigenvalue weighted by atomic mass is 16.5. The summed E-state index contributed by atoms with van der Waals surface area (Å²) in [6.07, 6.45) is 6.65. The minimum absolute atomic E-state index is 0.0813. The number of aliphatic carboxylic acids is 1. The van der Waals surface area contributed by atoms with Gasteiger partial charge in [-0.25, -0.2) is 0 Å². The topological polar surface area (TPSA) is 46.5 Å². The fourth-order valence-electron chi connectivity index (χ4n) is 2.96. The second-order valence-corrected chi connectivity index (χ2v) is 4.88. The molecule has 2 rings (SSSR count). The summed E-state index contributed by atoms with van der Waals surface area (Å²) >= 11 is 0. The van der Waals surface area contributed by atoms with Gasteiger partial charge < -0.3 is 9.84 Å². The third kappa shape index (κ3) is 1.65. The minimum Gasteiger partial charge on any atom is -0.481 e. The zero-order valence-electron chi connectivity index (χ0n) is 8.66. The van der Waals surface area contributed by atoms with Gasteiger partial charge in [-0.3, -0.25) is 4.79 Å². The predicted molar refractivity (Wildman–Crippen MR) is 52.1 cm³/mol. The summed E-state index contributed by atoms with van der Waals surface area (Å²) in [5, 5.41) is 8.87. The molecule has 0 radical (unpaired) electrons. The maximum Gasteiger partial charge on any atom is 0.306 e. The maximum atomic E-state index is 10.8. The van der Waals surface area contributed by atoms with Crippen LogP contribution in [-0.4, -0.2) is 24.3 Å². The van der Waals surface area contributed by atoms with Crippen molar-refractivity contribution < 1.29 is 14.6 Å². The predicted octanol–water partition coefficient (Wildman–Crippen LogP) is 2.06. The summed E-state index contributed by atoms with van der Waals surface area (Å²) in [7, 11) is 1.76. The number of hydrogen-bond acceptors (Lipinski definition) is 2. The minimum atomic E-state index is -0.609. The van der Waals surface area contributed by atoms with Crippen molar-refractivity contribution in [2.24, 2.45) is 11.3 Å². The first-order chi connectivity index (χ1) is 6.65. The zero-order valence-corrected chi connectivity index (χ0v) is 8.66. The molecule has 0 aromatic carbocycles. The molecule has 0 unspecified atom stereocenters. The molecule has 2 aliphatic carbocycles. The summed E-state index contributed by atoms with van der Waals surface area (Å²) in [4.78, 5) is 10.8. The number of carboxylic acid groups (broad SMARTS) is 1. The lowest BCUT2D eigenvalue weighted by molar-refractivity contribution is -0.146. The van der Waals surface area contributed by atoms with Crippen LogP contribution in [0.1, 0.15) is 38.5 Å². The molecule has 0 atom stereocenters. The van der Waals surface area contributed by atoms with E-state index in [4.69, 9.17) is 9.84 Å². The van der Waals surface area contributed by atoms with E-state index in [1.807, 2.05) is 0 Å². The average molecular weight is 198 g/mol. The Balaban J connectivity index is 1.82. The summed E-state index contributed by atoms with van der Waals surface area (Å²) in [6.45, 7) is 0. The monoisotopic (exact) mass is 198 g/mol. The van der Waals surface area contributed by atoms with Crippen LogP contribution >= 0.6 is 0 Å². The molecule has 0 heterocycles. The molecule has 2 saturated carbocycles. The smallest absolute Gasteiger partial charge is 0.306 e. The molecule has 0 aliphatic heterocycles. The number of rotatable bonds is 2. The first-order valence-electron chi connectivity index (χ1n) is 5.41. The second-order valence-electron chi connectivity index (χ2n) is 4.88. The van der Waals surface area contributed by atoms with E-state index in [1.54, 1.807) is 7.11 Å². The number of ether oxygens (including phenoxy) is 1. The molecule has 2 fully saturated rings. The first kappa shape index (κ1) is 9.97. The van der Waals surface area contributed by atoms with Gasteiger partial charge in [0, 0.05) is 7.11 Å². The summed E-state index contributed by atoms with van der Waals surface area (Å²) < 4.78 is 5.27. The van der Waals surface area contributed by atoms with Gasteiger partial charge >= 0.3 is 5.97 Å². The molecule has 0 saturated heterocycles. The fourth-order valence-corrected chi connectivity index (χ4v) is 2.96. The van der Waals surface area contributed by atoms with Crippen LogP contribution in [0.4, 0.5) is 0 Å². The standard InChI is InChI=1S/C11H18O3/c1-14-9-6-11(7-9)4-2-8(3-5-11)10(12)13/h8-9H,2-7H2,1H3,(H,12,13). The lowest BCUT2D eigenvalue weighted by Gasteiger charge is -2.50. The van der Waals surface area contributed by atoms with Gasteiger partial charge in [-0.05, 0) is 43.9 Å². The molecule has 1 spiro atoms. The van der Waals surface area contributed by atoms with Gasteiger partial charge in [0.15, 0.2) is 0 Å². The lowest BCUT2D eigenvalue weighted by Crippen LogP contribution is -2.45. The van der Waals surface area contributed by atoms with Crippen molar-refractivity contribution in [2.45, 2.75) is 44.6 Å². The van der Waals surface area contributed by atoms with Crippen LogP contribution in [-0.2, 0) is 9.53 Å². The number of hydrogen-bond donors (Lipinski definition) is 1. The fraction of sp³-hybridized carbons (Fsp3) is 0.909. The third-order valence-corrected chi connectivity index (χ3v) is 4.05. The molecule has 80 valence electrons. The van der Waals surface area contributed by atoms with Gasteiger partial charge in [-0.15, -0.1) is 0 Å². The summed E-state index contributed by atoms with van der Waals surface area (Å²) in [5.41, 5.74) is 0.451. The Labute approximate surface area is 84.4 Å². The average Bonchev–Trinajstić information content (AvgIpc) is 2.14. The summed E-state index contributed by atoms with van der Waals surface area (Å²) in [5.74, 6) is -0.690. The molecule has 0 aromatic heterocycles. The van der Waals surface area contributed by atoms with Crippen LogP contribution in [0.25, 0.3) is 0 Å². The number of carboxylic acids is 1. The van der Waals surface area contributed by atoms with Crippen molar-refractivity contribution in [1.82, 2.24) is 0 Å². The highest BCUT2D eigenvalue weighted by Gasteiger charge is 2.46. The molecular formula is C11H18O3. The van der Waals surface area contributed by atoms with Crippen LogP contribution in [0.2, 0.25) is 0 Å². The van der Waals surface area contributed by atoms with Crippen molar-refractivity contribution in [2.75, 3.05) is 7.11 Å². The van der Waals surface area contributed by atoms with E-state index in [-0.39, 0.29) is 5.92 Å². The molecule has 0 amide bonds. The van der Waals surface area contributed by atoms with Gasteiger partial charge in [-0.2, -0.15) is 0 Å². The molecule has 1 N–H and O–H groups in total. The quantitative estimate of drug-likeness (QED) is 0.738.